The van der Waals surface area contributed by atoms with E-state index in [1.165, 1.54) is 6.92 Å². The Bertz CT molecular complexity index is 447. The highest BCUT2D eigenvalue weighted by atomic mass is 16.4. The summed E-state index contributed by atoms with van der Waals surface area (Å²) >= 11 is 0. The van der Waals surface area contributed by atoms with E-state index in [1.54, 1.807) is 24.3 Å². The standard InChI is InChI=1S/C13H16N2O4/c1-9(14-8-16)12(17)15-11(13(18)19)7-10-5-3-2-4-6-10/h2-6,8-9,11H,7H2,1H3,(H,14,16)(H,15,17)(H,18,19)/t9-,11?/m0/s1. The van der Waals surface area contributed by atoms with E-state index in [0.717, 1.165) is 5.56 Å². The zero-order chi connectivity index (χ0) is 14.3. The molecule has 1 rings (SSSR count). The summed E-state index contributed by atoms with van der Waals surface area (Å²) < 4.78 is 0. The van der Waals surface area contributed by atoms with Gasteiger partial charge >= 0.3 is 5.97 Å². The maximum atomic E-state index is 11.6. The van der Waals surface area contributed by atoms with Crippen molar-refractivity contribution in [2.45, 2.75) is 25.4 Å². The zero-order valence-electron chi connectivity index (χ0n) is 10.5. The van der Waals surface area contributed by atoms with Crippen LogP contribution in [0.5, 0.6) is 0 Å². The lowest BCUT2D eigenvalue weighted by Gasteiger charge is -2.17. The van der Waals surface area contributed by atoms with Crippen LogP contribution in [0.4, 0.5) is 0 Å². The van der Waals surface area contributed by atoms with E-state index in [4.69, 9.17) is 5.11 Å². The number of benzene rings is 1. The Balaban J connectivity index is 2.66. The Morgan fingerprint density at radius 1 is 1.32 bits per heavy atom. The van der Waals surface area contributed by atoms with Crippen molar-refractivity contribution in [2.75, 3.05) is 0 Å². The summed E-state index contributed by atoms with van der Waals surface area (Å²) in [5.74, 6) is -1.65. The number of carboxylic acids is 1. The second-order valence-electron chi connectivity index (χ2n) is 4.10. The quantitative estimate of drug-likeness (QED) is 0.601. The highest BCUT2D eigenvalue weighted by Gasteiger charge is 2.22. The van der Waals surface area contributed by atoms with E-state index in [9.17, 15) is 14.4 Å². The Morgan fingerprint density at radius 2 is 1.95 bits per heavy atom. The summed E-state index contributed by atoms with van der Waals surface area (Å²) in [5, 5.41) is 13.7. The van der Waals surface area contributed by atoms with Gasteiger partial charge in [0.1, 0.15) is 12.1 Å². The summed E-state index contributed by atoms with van der Waals surface area (Å²) in [6, 6.07) is 7.21. The van der Waals surface area contributed by atoms with Crippen LogP contribution >= 0.6 is 0 Å². The molecule has 6 heteroatoms. The first-order valence-corrected chi connectivity index (χ1v) is 5.81. The fourth-order valence-electron chi connectivity index (χ4n) is 1.52. The first-order chi connectivity index (χ1) is 9.04. The molecule has 6 nitrogen and oxygen atoms in total. The number of aliphatic carboxylic acids is 1. The van der Waals surface area contributed by atoms with Gasteiger partial charge in [0.25, 0.3) is 0 Å². The third kappa shape index (κ3) is 4.79. The highest BCUT2D eigenvalue weighted by Crippen LogP contribution is 2.03. The molecule has 3 N–H and O–H groups in total. The lowest BCUT2D eigenvalue weighted by atomic mass is 10.1. The summed E-state index contributed by atoms with van der Waals surface area (Å²) in [4.78, 5) is 33.0. The highest BCUT2D eigenvalue weighted by molar-refractivity contribution is 5.87. The Morgan fingerprint density at radius 3 is 2.47 bits per heavy atom. The van der Waals surface area contributed by atoms with Crippen LogP contribution in [0.2, 0.25) is 0 Å². The fourth-order valence-corrected chi connectivity index (χ4v) is 1.52. The van der Waals surface area contributed by atoms with Crippen molar-refractivity contribution in [3.05, 3.63) is 35.9 Å². The predicted octanol–water partition coefficient (Wildman–Crippen LogP) is -0.0670. The van der Waals surface area contributed by atoms with E-state index in [-0.39, 0.29) is 6.42 Å². The van der Waals surface area contributed by atoms with Crippen LogP contribution in [-0.4, -0.2) is 35.5 Å². The van der Waals surface area contributed by atoms with Gasteiger partial charge in [-0.25, -0.2) is 4.79 Å². The number of nitrogens with one attached hydrogen (secondary N) is 2. The van der Waals surface area contributed by atoms with Gasteiger partial charge in [0.15, 0.2) is 0 Å². The number of hydrogen-bond donors (Lipinski definition) is 3. The minimum atomic E-state index is -1.12. The smallest absolute Gasteiger partial charge is 0.326 e. The van der Waals surface area contributed by atoms with Crippen molar-refractivity contribution in [1.82, 2.24) is 10.6 Å². The van der Waals surface area contributed by atoms with Crippen molar-refractivity contribution < 1.29 is 19.5 Å². The maximum absolute atomic E-state index is 11.6. The number of carboxylic acid groups (broad SMARTS) is 1. The minimum Gasteiger partial charge on any atom is -0.480 e. The molecule has 0 aliphatic carbocycles. The van der Waals surface area contributed by atoms with Gasteiger partial charge in [-0.2, -0.15) is 0 Å². The van der Waals surface area contributed by atoms with Crippen molar-refractivity contribution in [1.29, 1.82) is 0 Å². The molecule has 0 aromatic heterocycles. The summed E-state index contributed by atoms with van der Waals surface area (Å²) in [6.45, 7) is 1.48. The zero-order valence-corrected chi connectivity index (χ0v) is 10.5. The molecule has 0 spiro atoms. The minimum absolute atomic E-state index is 0.190. The molecule has 0 bridgehead atoms. The molecular formula is C13H16N2O4. The summed E-state index contributed by atoms with van der Waals surface area (Å²) in [7, 11) is 0. The summed E-state index contributed by atoms with van der Waals surface area (Å²) in [6.07, 6.45) is 0.590. The normalized spacial score (nSPS) is 13.1. The first kappa shape index (κ1) is 14.7. The maximum Gasteiger partial charge on any atom is 0.326 e. The Kier molecular flexibility index (Phi) is 5.53. The largest absolute Gasteiger partial charge is 0.480 e. The molecule has 2 amide bonds. The molecule has 19 heavy (non-hydrogen) atoms. The van der Waals surface area contributed by atoms with Crippen LogP contribution in [0.3, 0.4) is 0 Å². The molecule has 0 saturated heterocycles. The van der Waals surface area contributed by atoms with Gasteiger partial charge in [0.05, 0.1) is 0 Å². The molecule has 1 aromatic carbocycles. The molecule has 2 atom stereocenters. The molecule has 0 aliphatic heterocycles. The number of amides is 2. The molecule has 1 unspecified atom stereocenters. The molecule has 1 aromatic rings. The third-order valence-corrected chi connectivity index (χ3v) is 2.61. The van der Waals surface area contributed by atoms with Crippen LogP contribution in [0.25, 0.3) is 0 Å². The second-order valence-corrected chi connectivity index (χ2v) is 4.10. The molecule has 0 radical (unpaired) electrons. The molecule has 0 fully saturated rings. The van der Waals surface area contributed by atoms with Gasteiger partial charge in [0.2, 0.25) is 12.3 Å². The molecular weight excluding hydrogens is 248 g/mol. The van der Waals surface area contributed by atoms with E-state index in [2.05, 4.69) is 10.6 Å². The number of rotatable bonds is 7. The van der Waals surface area contributed by atoms with Gasteiger partial charge in [0, 0.05) is 6.42 Å². The van der Waals surface area contributed by atoms with Gasteiger partial charge in [-0.15, -0.1) is 0 Å². The Hall–Kier alpha value is -2.37. The van der Waals surface area contributed by atoms with Crippen LogP contribution in [0, 0.1) is 0 Å². The number of hydrogen-bond acceptors (Lipinski definition) is 3. The van der Waals surface area contributed by atoms with Gasteiger partial charge < -0.3 is 15.7 Å². The molecule has 0 saturated carbocycles. The third-order valence-electron chi connectivity index (χ3n) is 2.61. The number of carbonyl (C=O) groups excluding carboxylic acids is 2. The number of carbonyl (C=O) groups is 3. The van der Waals surface area contributed by atoms with Gasteiger partial charge in [-0.3, -0.25) is 9.59 Å². The first-order valence-electron chi connectivity index (χ1n) is 5.81. The predicted molar refractivity (Wildman–Crippen MR) is 68.4 cm³/mol. The lowest BCUT2D eigenvalue weighted by molar-refractivity contribution is -0.142. The summed E-state index contributed by atoms with van der Waals surface area (Å²) in [5.41, 5.74) is 0.811. The second kappa shape index (κ2) is 7.15. The van der Waals surface area contributed by atoms with Crippen molar-refractivity contribution in [2.24, 2.45) is 0 Å². The SMILES string of the molecule is C[C@H](NC=O)C(=O)NC(Cc1ccccc1)C(=O)O. The van der Waals surface area contributed by atoms with E-state index in [1.807, 2.05) is 6.07 Å². The van der Waals surface area contributed by atoms with Crippen molar-refractivity contribution >= 4 is 18.3 Å². The topological polar surface area (TPSA) is 95.5 Å². The van der Waals surface area contributed by atoms with Gasteiger partial charge in [-0.1, -0.05) is 30.3 Å². The van der Waals surface area contributed by atoms with E-state index in [0.29, 0.717) is 6.41 Å². The van der Waals surface area contributed by atoms with E-state index < -0.39 is 24.0 Å². The van der Waals surface area contributed by atoms with E-state index >= 15 is 0 Å². The monoisotopic (exact) mass is 264 g/mol. The fraction of sp³-hybridized carbons (Fsp3) is 0.308. The average molecular weight is 264 g/mol. The van der Waals surface area contributed by atoms with Crippen LogP contribution < -0.4 is 10.6 Å². The molecule has 0 aliphatic rings. The van der Waals surface area contributed by atoms with Crippen LogP contribution in [0.1, 0.15) is 12.5 Å². The van der Waals surface area contributed by atoms with Crippen LogP contribution in [-0.2, 0) is 20.8 Å². The lowest BCUT2D eigenvalue weighted by Crippen LogP contribution is -2.49. The molecule has 0 heterocycles. The molecule has 102 valence electrons. The van der Waals surface area contributed by atoms with Gasteiger partial charge in [-0.05, 0) is 12.5 Å². The van der Waals surface area contributed by atoms with Crippen molar-refractivity contribution in [3.63, 3.8) is 0 Å². The average Bonchev–Trinajstić information content (AvgIpc) is 2.39. The van der Waals surface area contributed by atoms with Crippen LogP contribution in [0.15, 0.2) is 30.3 Å². The van der Waals surface area contributed by atoms with Crippen molar-refractivity contribution in [3.8, 4) is 0 Å². The Labute approximate surface area is 110 Å².